The molecule has 4 nitrogen and oxygen atoms in total. The minimum Gasteiger partial charge on any atom is -0.402 e. The molecule has 1 aliphatic carbocycles. The van der Waals surface area contributed by atoms with Gasteiger partial charge in [-0.25, -0.2) is 4.98 Å². The molecule has 0 fully saturated rings. The number of methoxy groups -OCH3 is 1. The Hall–Kier alpha value is -1.33. The highest BCUT2D eigenvalue weighted by Gasteiger charge is 2.24. The van der Waals surface area contributed by atoms with Crippen molar-refractivity contribution in [2.24, 2.45) is 11.7 Å². The van der Waals surface area contributed by atoms with Crippen molar-refractivity contribution in [1.82, 2.24) is 4.98 Å². The van der Waals surface area contributed by atoms with Crippen molar-refractivity contribution in [3.05, 3.63) is 28.9 Å². The Morgan fingerprint density at radius 1 is 1.57 bits per heavy atom. The van der Waals surface area contributed by atoms with E-state index in [-0.39, 0.29) is 6.10 Å². The van der Waals surface area contributed by atoms with Gasteiger partial charge in [0.1, 0.15) is 0 Å². The molecule has 0 spiro atoms. The number of nitrogens with two attached hydrogens (primary N) is 1. The van der Waals surface area contributed by atoms with Crippen molar-refractivity contribution >= 4 is 22.0 Å². The van der Waals surface area contributed by atoms with Gasteiger partial charge in [-0.05, 0) is 50.2 Å². The molecular weight excluding hydrogens is 306 g/mol. The van der Waals surface area contributed by atoms with E-state index in [1.807, 2.05) is 0 Å². The number of ether oxygens (including phenoxy) is 1. The Morgan fingerprint density at radius 2 is 2.30 bits per heavy atom. The van der Waals surface area contributed by atoms with Gasteiger partial charge in [-0.15, -0.1) is 11.3 Å². The number of hydrogen-bond donors (Lipinski definition) is 2. The van der Waals surface area contributed by atoms with Crippen LogP contribution in [0.3, 0.4) is 0 Å². The van der Waals surface area contributed by atoms with Crippen molar-refractivity contribution in [2.45, 2.75) is 58.6 Å². The molecule has 5 heteroatoms. The molecule has 3 N–H and O–H groups in total. The number of anilines is 1. The van der Waals surface area contributed by atoms with Crippen molar-refractivity contribution in [3.63, 3.8) is 0 Å². The number of nitrogens with one attached hydrogen (secondary N) is 1. The lowest BCUT2D eigenvalue weighted by molar-refractivity contribution is 0.128. The maximum Gasteiger partial charge on any atom is 0.183 e. The van der Waals surface area contributed by atoms with Crippen LogP contribution in [0.2, 0.25) is 0 Å². The number of aromatic nitrogens is 1. The summed E-state index contributed by atoms with van der Waals surface area (Å²) in [7, 11) is 1.75. The molecule has 23 heavy (non-hydrogen) atoms. The molecule has 2 unspecified atom stereocenters. The van der Waals surface area contributed by atoms with Crippen molar-refractivity contribution in [3.8, 4) is 0 Å². The lowest BCUT2D eigenvalue weighted by Crippen LogP contribution is -2.24. The third-order valence-electron chi connectivity index (χ3n) is 4.27. The summed E-state index contributed by atoms with van der Waals surface area (Å²) < 4.78 is 5.72. The fourth-order valence-corrected chi connectivity index (χ4v) is 3.86. The quantitative estimate of drug-likeness (QED) is 0.774. The number of rotatable bonds is 7. The van der Waals surface area contributed by atoms with Gasteiger partial charge in [-0.3, -0.25) is 0 Å². The first-order valence-corrected chi connectivity index (χ1v) is 9.19. The summed E-state index contributed by atoms with van der Waals surface area (Å²) in [4.78, 5) is 4.62. The second-order valence-corrected chi connectivity index (χ2v) is 7.63. The Bertz CT molecular complexity index is 577. The average molecular weight is 336 g/mol. The minimum atomic E-state index is 0.0122. The molecule has 2 rings (SSSR count). The van der Waals surface area contributed by atoms with E-state index in [1.54, 1.807) is 18.4 Å². The highest BCUT2D eigenvalue weighted by molar-refractivity contribution is 7.13. The minimum absolute atomic E-state index is 0.0122. The molecule has 0 aromatic carbocycles. The number of nitrogens with zero attached hydrogens (tertiary/aromatic N) is 1. The molecule has 0 aliphatic heterocycles. The van der Waals surface area contributed by atoms with Gasteiger partial charge in [0.15, 0.2) is 5.13 Å². The van der Waals surface area contributed by atoms with Crippen molar-refractivity contribution in [1.29, 1.82) is 0 Å². The van der Waals surface area contributed by atoms with Crippen LogP contribution in [-0.4, -0.2) is 24.2 Å². The van der Waals surface area contributed by atoms with Crippen molar-refractivity contribution in [2.75, 3.05) is 12.4 Å². The van der Waals surface area contributed by atoms with Crippen LogP contribution in [0.1, 0.15) is 52.1 Å². The molecule has 0 amide bonds. The fraction of sp³-hybridized carbons (Fsp3) is 0.611. The predicted molar refractivity (Wildman–Crippen MR) is 99.5 cm³/mol. The van der Waals surface area contributed by atoms with Crippen LogP contribution >= 0.6 is 11.3 Å². The summed E-state index contributed by atoms with van der Waals surface area (Å²) in [5, 5.41) is 6.32. The summed E-state index contributed by atoms with van der Waals surface area (Å²) in [5.74, 6) is 0.669. The molecule has 1 aromatic heterocycles. The van der Waals surface area contributed by atoms with Gasteiger partial charge in [0.25, 0.3) is 0 Å². The summed E-state index contributed by atoms with van der Waals surface area (Å²) in [6, 6.07) is 0.378. The summed E-state index contributed by atoms with van der Waals surface area (Å²) in [6.07, 6.45) is 3.93. The van der Waals surface area contributed by atoms with E-state index >= 15 is 0 Å². The topological polar surface area (TPSA) is 60.2 Å². The predicted octanol–water partition coefficient (Wildman–Crippen LogP) is 4.41. The monoisotopic (exact) mass is 335 g/mol. The van der Waals surface area contributed by atoms with Gasteiger partial charge in [0.05, 0.1) is 11.8 Å². The largest absolute Gasteiger partial charge is 0.402 e. The van der Waals surface area contributed by atoms with Crippen LogP contribution in [0.25, 0.3) is 5.57 Å². The summed E-state index contributed by atoms with van der Waals surface area (Å²) in [5.41, 5.74) is 10.5. The molecule has 1 aromatic rings. The van der Waals surface area contributed by atoms with Crippen LogP contribution < -0.4 is 11.1 Å². The Morgan fingerprint density at radius 3 is 2.91 bits per heavy atom. The smallest absolute Gasteiger partial charge is 0.183 e. The molecule has 128 valence electrons. The van der Waals surface area contributed by atoms with Crippen molar-refractivity contribution < 1.29 is 4.74 Å². The standard InChI is InChI=1S/C18H29N3OS/c1-11(2)20-18-21-16(10-23-18)13(4)9-17(22-5)14-7-6-12(3)8-15(14)19/h10-12,17H,4,6-9,19H2,1-3,5H3,(H,20,21). The van der Waals surface area contributed by atoms with Crippen LogP contribution in [-0.2, 0) is 4.74 Å². The summed E-state index contributed by atoms with van der Waals surface area (Å²) in [6.45, 7) is 10.7. The van der Waals surface area contributed by atoms with E-state index in [0.29, 0.717) is 12.0 Å². The molecule has 0 bridgehead atoms. The second kappa shape index (κ2) is 7.97. The maximum absolute atomic E-state index is 6.27. The van der Waals surface area contributed by atoms with E-state index in [1.165, 1.54) is 12.0 Å². The highest BCUT2D eigenvalue weighted by Crippen LogP contribution is 2.33. The van der Waals surface area contributed by atoms with E-state index in [4.69, 9.17) is 10.5 Å². The normalized spacial score (nSPS) is 20.0. The summed E-state index contributed by atoms with van der Waals surface area (Å²) >= 11 is 1.62. The van der Waals surface area contributed by atoms with Crippen LogP contribution in [0.15, 0.2) is 23.2 Å². The zero-order chi connectivity index (χ0) is 17.0. The maximum atomic E-state index is 6.27. The van der Waals surface area contributed by atoms with E-state index in [2.05, 4.69) is 43.0 Å². The van der Waals surface area contributed by atoms with Gasteiger partial charge in [0, 0.05) is 30.6 Å². The number of hydrogen-bond acceptors (Lipinski definition) is 5. The highest BCUT2D eigenvalue weighted by atomic mass is 32.1. The van der Waals surface area contributed by atoms with Gasteiger partial charge >= 0.3 is 0 Å². The molecular formula is C18H29N3OS. The van der Waals surface area contributed by atoms with E-state index in [0.717, 1.165) is 41.4 Å². The van der Waals surface area contributed by atoms with Crippen LogP contribution in [0.5, 0.6) is 0 Å². The van der Waals surface area contributed by atoms with E-state index in [9.17, 15) is 0 Å². The Kier molecular flexibility index (Phi) is 6.25. The Labute approximate surface area is 143 Å². The second-order valence-electron chi connectivity index (χ2n) is 6.77. The lowest BCUT2D eigenvalue weighted by atomic mass is 9.84. The Balaban J connectivity index is 2.05. The van der Waals surface area contributed by atoms with Crippen LogP contribution in [0, 0.1) is 5.92 Å². The van der Waals surface area contributed by atoms with Gasteiger partial charge in [-0.1, -0.05) is 13.5 Å². The first kappa shape index (κ1) is 18.0. The first-order chi connectivity index (χ1) is 10.9. The lowest BCUT2D eigenvalue weighted by Gasteiger charge is -2.28. The zero-order valence-corrected chi connectivity index (χ0v) is 15.5. The fourth-order valence-electron chi connectivity index (χ4n) is 2.97. The van der Waals surface area contributed by atoms with E-state index < -0.39 is 0 Å². The molecule has 2 atom stereocenters. The van der Waals surface area contributed by atoms with Gasteiger partial charge in [0.2, 0.25) is 0 Å². The SMILES string of the molecule is C=C(CC(OC)C1=C(N)CC(C)CC1)c1csc(NC(C)C)n1. The third-order valence-corrected chi connectivity index (χ3v) is 5.04. The van der Waals surface area contributed by atoms with Crippen LogP contribution in [0.4, 0.5) is 5.13 Å². The molecule has 0 saturated heterocycles. The zero-order valence-electron chi connectivity index (χ0n) is 14.7. The molecule has 0 radical (unpaired) electrons. The van der Waals surface area contributed by atoms with Gasteiger partial charge in [-0.2, -0.15) is 0 Å². The third kappa shape index (κ3) is 4.82. The molecule has 1 heterocycles. The average Bonchev–Trinajstić information content (AvgIpc) is 2.93. The number of allylic oxidation sites excluding steroid dienone is 1. The van der Waals surface area contributed by atoms with Gasteiger partial charge < -0.3 is 15.8 Å². The number of thiazole rings is 1. The first-order valence-electron chi connectivity index (χ1n) is 8.31. The molecule has 0 saturated carbocycles. The molecule has 1 aliphatic rings.